The number of hydrazone groups is 1. The summed E-state index contributed by atoms with van der Waals surface area (Å²) in [6.07, 6.45) is 6.42. The molecule has 0 bridgehead atoms. The molecule has 5 nitrogen and oxygen atoms in total. The zero-order valence-electron chi connectivity index (χ0n) is 16.6. The van der Waals surface area contributed by atoms with Gasteiger partial charge in [0.05, 0.1) is 21.4 Å². The molecule has 1 heterocycles. The Hall–Kier alpha value is -3.28. The molecule has 0 fully saturated rings. The molecule has 0 saturated heterocycles. The van der Waals surface area contributed by atoms with Crippen molar-refractivity contribution in [2.45, 2.75) is 0 Å². The maximum absolute atomic E-state index is 6.24. The predicted molar refractivity (Wildman–Crippen MR) is 127 cm³/mol. The van der Waals surface area contributed by atoms with Crippen LogP contribution in [-0.2, 0) is 0 Å². The number of halogens is 2. The molecule has 1 aliphatic rings. The highest BCUT2D eigenvalue weighted by Gasteiger charge is 2.26. The lowest BCUT2D eigenvalue weighted by Gasteiger charge is -2.09. The zero-order valence-corrected chi connectivity index (χ0v) is 18.1. The number of nitrogens with one attached hydrogen (secondary N) is 1. The van der Waals surface area contributed by atoms with Gasteiger partial charge >= 0.3 is 0 Å². The molecule has 1 aromatic heterocycles. The predicted octanol–water partition coefficient (Wildman–Crippen LogP) is 6.36. The first-order chi connectivity index (χ1) is 15.1. The summed E-state index contributed by atoms with van der Waals surface area (Å²) in [4.78, 5) is 3.97. The Bertz CT molecular complexity index is 1110. The summed E-state index contributed by atoms with van der Waals surface area (Å²) < 4.78 is 11.5. The Morgan fingerprint density at radius 1 is 0.839 bits per heavy atom. The third-order valence-electron chi connectivity index (χ3n) is 4.65. The van der Waals surface area contributed by atoms with E-state index >= 15 is 0 Å². The molecule has 0 radical (unpaired) electrons. The van der Waals surface area contributed by atoms with Gasteiger partial charge < -0.3 is 9.47 Å². The van der Waals surface area contributed by atoms with Crippen LogP contribution in [-0.4, -0.2) is 23.9 Å². The summed E-state index contributed by atoms with van der Waals surface area (Å²) in [5.41, 5.74) is 8.14. The van der Waals surface area contributed by atoms with Crippen LogP contribution in [0.3, 0.4) is 0 Å². The fourth-order valence-corrected chi connectivity index (χ4v) is 3.74. The molecule has 31 heavy (non-hydrogen) atoms. The Balaban J connectivity index is 1.80. The van der Waals surface area contributed by atoms with Gasteiger partial charge in [-0.25, -0.2) is 0 Å². The second-order valence-corrected chi connectivity index (χ2v) is 7.48. The zero-order chi connectivity index (χ0) is 21.8. The lowest BCUT2D eigenvalue weighted by molar-refractivity contribution is 0.363. The van der Waals surface area contributed by atoms with Gasteiger partial charge in [0, 0.05) is 23.5 Å². The molecular weight excluding hydrogens is 433 g/mol. The molecule has 0 amide bonds. The lowest BCUT2D eigenvalue weighted by atomic mass is 10.1. The van der Waals surface area contributed by atoms with Crippen LogP contribution in [0.1, 0.15) is 11.1 Å². The summed E-state index contributed by atoms with van der Waals surface area (Å²) in [7, 11) is 0. The van der Waals surface area contributed by atoms with Crippen LogP contribution in [0.4, 0.5) is 5.69 Å². The third kappa shape index (κ3) is 4.29. The number of rotatable bonds is 8. The number of hydrogen-bond acceptors (Lipinski definition) is 5. The largest absolute Gasteiger partial charge is 0.490 e. The van der Waals surface area contributed by atoms with E-state index < -0.39 is 0 Å². The van der Waals surface area contributed by atoms with Crippen molar-refractivity contribution in [1.82, 2.24) is 4.98 Å². The standard InChI is InChI=1S/C24H19Cl2N3O2/c1-3-9-30-15-5-7-17-18-8-6-16(31-10-4-2)12-20(18)23(19(17)11-15)28-29-24-21(25)13-27-14-22(24)26/h3-8,11-14H,1-2,9-10H2,(H,27,29). The fourth-order valence-electron chi connectivity index (χ4n) is 3.29. The maximum Gasteiger partial charge on any atom is 0.120 e. The molecule has 7 heteroatoms. The average Bonchev–Trinajstić information content (AvgIpc) is 3.08. The van der Waals surface area contributed by atoms with Crippen molar-refractivity contribution in [3.8, 4) is 22.6 Å². The Morgan fingerprint density at radius 2 is 1.35 bits per heavy atom. The normalized spacial score (nSPS) is 11.4. The van der Waals surface area contributed by atoms with Crippen molar-refractivity contribution in [1.29, 1.82) is 0 Å². The number of fused-ring (bicyclic) bond motifs is 3. The summed E-state index contributed by atoms with van der Waals surface area (Å²) in [5, 5.41) is 5.41. The molecule has 3 aromatic rings. The van der Waals surface area contributed by atoms with Crippen LogP contribution >= 0.6 is 23.2 Å². The molecule has 0 spiro atoms. The molecule has 0 unspecified atom stereocenters. The summed E-state index contributed by atoms with van der Waals surface area (Å²) in [6.45, 7) is 8.23. The van der Waals surface area contributed by atoms with E-state index in [9.17, 15) is 0 Å². The first kappa shape index (κ1) is 21.0. The van der Waals surface area contributed by atoms with Crippen molar-refractivity contribution in [3.05, 3.63) is 95.3 Å². The van der Waals surface area contributed by atoms with Gasteiger partial charge in [-0.2, -0.15) is 5.10 Å². The first-order valence-electron chi connectivity index (χ1n) is 9.51. The topological polar surface area (TPSA) is 55.7 Å². The van der Waals surface area contributed by atoms with Crippen LogP contribution in [0.15, 0.2) is 79.2 Å². The van der Waals surface area contributed by atoms with Crippen LogP contribution in [0, 0.1) is 0 Å². The third-order valence-corrected chi connectivity index (χ3v) is 5.22. The summed E-state index contributed by atoms with van der Waals surface area (Å²) >= 11 is 12.5. The van der Waals surface area contributed by atoms with E-state index in [2.05, 4.69) is 28.7 Å². The minimum atomic E-state index is 0.376. The second-order valence-electron chi connectivity index (χ2n) is 6.66. The van der Waals surface area contributed by atoms with Gasteiger partial charge in [0.15, 0.2) is 0 Å². The van der Waals surface area contributed by atoms with E-state index in [0.717, 1.165) is 39.5 Å². The van der Waals surface area contributed by atoms with Gasteiger partial charge in [0.2, 0.25) is 0 Å². The van der Waals surface area contributed by atoms with Gasteiger partial charge in [0.1, 0.15) is 24.7 Å². The SMILES string of the molecule is C=CCOc1ccc2c(c1)C(=NNc1c(Cl)cncc1Cl)c1cc(OCC=C)ccc1-2. The fraction of sp³-hybridized carbons (Fsp3) is 0.0833. The highest BCUT2D eigenvalue weighted by atomic mass is 35.5. The van der Waals surface area contributed by atoms with Gasteiger partial charge in [0.25, 0.3) is 0 Å². The smallest absolute Gasteiger partial charge is 0.120 e. The number of nitrogens with zero attached hydrogens (tertiary/aromatic N) is 2. The average molecular weight is 452 g/mol. The van der Waals surface area contributed by atoms with E-state index in [1.165, 1.54) is 12.4 Å². The quantitative estimate of drug-likeness (QED) is 0.250. The number of anilines is 1. The Morgan fingerprint density at radius 3 is 1.84 bits per heavy atom. The van der Waals surface area contributed by atoms with Gasteiger partial charge in [-0.15, -0.1) is 0 Å². The molecule has 0 atom stereocenters. The molecule has 156 valence electrons. The van der Waals surface area contributed by atoms with E-state index in [-0.39, 0.29) is 0 Å². The van der Waals surface area contributed by atoms with Crippen LogP contribution in [0.2, 0.25) is 10.0 Å². The number of hydrogen-bond donors (Lipinski definition) is 1. The molecule has 0 aliphatic heterocycles. The van der Waals surface area contributed by atoms with Crippen LogP contribution < -0.4 is 14.9 Å². The summed E-state index contributed by atoms with van der Waals surface area (Å²) in [6, 6.07) is 11.8. The van der Waals surface area contributed by atoms with Crippen LogP contribution in [0.5, 0.6) is 11.5 Å². The molecule has 1 N–H and O–H groups in total. The van der Waals surface area contributed by atoms with Crippen molar-refractivity contribution < 1.29 is 9.47 Å². The van der Waals surface area contributed by atoms with E-state index in [1.807, 2.05) is 36.4 Å². The number of ether oxygens (including phenoxy) is 2. The van der Waals surface area contributed by atoms with E-state index in [1.54, 1.807) is 12.2 Å². The minimum Gasteiger partial charge on any atom is -0.490 e. The second kappa shape index (κ2) is 9.25. The monoisotopic (exact) mass is 451 g/mol. The lowest BCUT2D eigenvalue weighted by Crippen LogP contribution is -2.05. The number of pyridine rings is 1. The van der Waals surface area contributed by atoms with Crippen molar-refractivity contribution in [2.24, 2.45) is 5.10 Å². The van der Waals surface area contributed by atoms with Gasteiger partial charge in [-0.05, 0) is 47.5 Å². The minimum absolute atomic E-state index is 0.376. The molecule has 2 aromatic carbocycles. The van der Waals surface area contributed by atoms with Gasteiger partial charge in [-0.1, -0.05) is 48.5 Å². The van der Waals surface area contributed by atoms with Crippen molar-refractivity contribution in [3.63, 3.8) is 0 Å². The summed E-state index contributed by atoms with van der Waals surface area (Å²) in [5.74, 6) is 1.45. The van der Waals surface area contributed by atoms with E-state index in [4.69, 9.17) is 32.7 Å². The molecule has 1 aliphatic carbocycles. The Labute approximate surface area is 190 Å². The molecular formula is C24H19Cl2N3O2. The molecule has 4 rings (SSSR count). The highest BCUT2D eigenvalue weighted by molar-refractivity contribution is 6.38. The van der Waals surface area contributed by atoms with Crippen molar-refractivity contribution >= 4 is 34.6 Å². The van der Waals surface area contributed by atoms with Gasteiger partial charge in [-0.3, -0.25) is 10.4 Å². The van der Waals surface area contributed by atoms with E-state index in [0.29, 0.717) is 28.9 Å². The van der Waals surface area contributed by atoms with Crippen LogP contribution in [0.25, 0.3) is 11.1 Å². The number of aromatic nitrogens is 1. The number of benzene rings is 2. The first-order valence-corrected chi connectivity index (χ1v) is 10.3. The Kier molecular flexibility index (Phi) is 6.26. The molecule has 0 saturated carbocycles. The maximum atomic E-state index is 6.24. The highest BCUT2D eigenvalue weighted by Crippen LogP contribution is 2.41. The van der Waals surface area contributed by atoms with Crippen molar-refractivity contribution in [2.75, 3.05) is 18.6 Å².